The topological polar surface area (TPSA) is 84.4 Å². The molecular formula is C23H26N4O3S2. The third kappa shape index (κ3) is 4.68. The molecule has 1 N–H and O–H groups in total. The van der Waals surface area contributed by atoms with Gasteiger partial charge in [0.2, 0.25) is 16.9 Å². The van der Waals surface area contributed by atoms with E-state index in [4.69, 9.17) is 4.74 Å². The van der Waals surface area contributed by atoms with Crippen molar-refractivity contribution in [2.75, 3.05) is 19.0 Å². The van der Waals surface area contributed by atoms with Crippen LogP contribution in [0.3, 0.4) is 0 Å². The Hall–Kier alpha value is -2.78. The van der Waals surface area contributed by atoms with Crippen molar-refractivity contribution in [3.63, 3.8) is 0 Å². The Morgan fingerprint density at radius 3 is 2.88 bits per heavy atom. The highest BCUT2D eigenvalue weighted by molar-refractivity contribution is 7.19. The number of ether oxygens (including phenoxy) is 1. The van der Waals surface area contributed by atoms with Gasteiger partial charge >= 0.3 is 0 Å². The third-order valence-corrected chi connectivity index (χ3v) is 7.25. The molecule has 1 aliphatic heterocycles. The van der Waals surface area contributed by atoms with Crippen molar-refractivity contribution in [3.05, 3.63) is 46.7 Å². The molecule has 0 radical (unpaired) electrons. The average Bonchev–Trinajstić information content (AvgIpc) is 3.50. The maximum absolute atomic E-state index is 13.4. The molecule has 4 rings (SSSR count). The standard InChI is InChI=1S/C23H26N4O3S2/c1-3-4-12-27-19(28)10-9-17(20(27)16-7-5-6-8-18(16)30-2)21(29)24-23-26-25-22(32-23)15-11-13-31-14-15/h5-8,11,13-14,17,20H,3-4,9-10,12H2,1-2H3,(H,24,26,29). The number of amides is 2. The van der Waals surface area contributed by atoms with Crippen LogP contribution in [0.15, 0.2) is 41.1 Å². The fraction of sp³-hybridized carbons (Fsp3) is 0.391. The molecule has 2 aromatic heterocycles. The number of carbonyl (C=O) groups is 2. The zero-order valence-electron chi connectivity index (χ0n) is 18.1. The minimum atomic E-state index is -0.408. The van der Waals surface area contributed by atoms with E-state index in [0.29, 0.717) is 30.3 Å². The number of aromatic nitrogens is 2. The van der Waals surface area contributed by atoms with Gasteiger partial charge in [0.25, 0.3) is 0 Å². The van der Waals surface area contributed by atoms with E-state index in [9.17, 15) is 9.59 Å². The molecule has 2 unspecified atom stereocenters. The Balaban J connectivity index is 1.62. The number of para-hydroxylation sites is 1. The van der Waals surface area contributed by atoms with E-state index in [1.165, 1.54) is 11.3 Å². The summed E-state index contributed by atoms with van der Waals surface area (Å²) in [6.07, 6.45) is 2.68. The van der Waals surface area contributed by atoms with E-state index in [0.717, 1.165) is 29.0 Å². The van der Waals surface area contributed by atoms with Gasteiger partial charge in [-0.1, -0.05) is 42.9 Å². The SMILES string of the molecule is CCCCN1C(=O)CCC(C(=O)Nc2nnc(-c3ccsc3)s2)C1c1ccccc1OC. The smallest absolute Gasteiger partial charge is 0.231 e. The highest BCUT2D eigenvalue weighted by Crippen LogP contribution is 2.41. The molecule has 0 aliphatic carbocycles. The minimum absolute atomic E-state index is 0.0778. The molecule has 1 saturated heterocycles. The van der Waals surface area contributed by atoms with Gasteiger partial charge in [0, 0.05) is 29.5 Å². The molecule has 0 saturated carbocycles. The first kappa shape index (κ1) is 22.4. The predicted octanol–water partition coefficient (Wildman–Crippen LogP) is 4.99. The van der Waals surface area contributed by atoms with Crippen molar-refractivity contribution in [3.8, 4) is 16.3 Å². The summed E-state index contributed by atoms with van der Waals surface area (Å²) in [4.78, 5) is 28.2. The van der Waals surface area contributed by atoms with Crippen molar-refractivity contribution in [2.45, 2.75) is 38.6 Å². The quantitative estimate of drug-likeness (QED) is 0.501. The van der Waals surface area contributed by atoms with Gasteiger partial charge < -0.3 is 15.0 Å². The van der Waals surface area contributed by atoms with Crippen LogP contribution in [-0.2, 0) is 9.59 Å². The molecule has 9 heteroatoms. The van der Waals surface area contributed by atoms with E-state index in [2.05, 4.69) is 22.4 Å². The first-order chi connectivity index (χ1) is 15.6. The fourth-order valence-electron chi connectivity index (χ4n) is 4.09. The summed E-state index contributed by atoms with van der Waals surface area (Å²) in [5, 5.41) is 16.5. The normalized spacial score (nSPS) is 18.6. The number of likely N-dealkylation sites (tertiary alicyclic amines) is 1. The van der Waals surface area contributed by atoms with Gasteiger partial charge in [-0.15, -0.1) is 10.2 Å². The number of thiophene rings is 1. The summed E-state index contributed by atoms with van der Waals surface area (Å²) < 4.78 is 5.59. The Bertz CT molecular complexity index is 1070. The first-order valence-corrected chi connectivity index (χ1v) is 12.5. The number of anilines is 1. The van der Waals surface area contributed by atoms with Crippen molar-refractivity contribution in [2.24, 2.45) is 5.92 Å². The van der Waals surface area contributed by atoms with Crippen molar-refractivity contribution >= 4 is 39.6 Å². The van der Waals surface area contributed by atoms with Crippen LogP contribution in [0.5, 0.6) is 5.75 Å². The molecule has 3 heterocycles. The van der Waals surface area contributed by atoms with Crippen molar-refractivity contribution < 1.29 is 14.3 Å². The highest BCUT2D eigenvalue weighted by atomic mass is 32.1. The molecule has 7 nitrogen and oxygen atoms in total. The molecule has 2 atom stereocenters. The summed E-state index contributed by atoms with van der Waals surface area (Å²) in [5.74, 6) is 0.202. The third-order valence-electron chi connectivity index (χ3n) is 5.68. The Kier molecular flexibility index (Phi) is 7.16. The summed E-state index contributed by atoms with van der Waals surface area (Å²) in [6, 6.07) is 9.23. The van der Waals surface area contributed by atoms with Gasteiger partial charge in [-0.05, 0) is 30.4 Å². The maximum Gasteiger partial charge on any atom is 0.231 e. The number of nitrogens with zero attached hydrogens (tertiary/aromatic N) is 3. The lowest BCUT2D eigenvalue weighted by Gasteiger charge is -2.41. The molecule has 3 aromatic rings. The molecule has 168 valence electrons. The van der Waals surface area contributed by atoms with Crippen LogP contribution in [0.1, 0.15) is 44.2 Å². The van der Waals surface area contributed by atoms with Gasteiger partial charge in [0.15, 0.2) is 0 Å². The van der Waals surface area contributed by atoms with E-state index >= 15 is 0 Å². The summed E-state index contributed by atoms with van der Waals surface area (Å²) in [7, 11) is 1.61. The number of carbonyl (C=O) groups excluding carboxylic acids is 2. The maximum atomic E-state index is 13.4. The first-order valence-electron chi connectivity index (χ1n) is 10.7. The second-order valence-electron chi connectivity index (χ2n) is 7.69. The van der Waals surface area contributed by atoms with Gasteiger partial charge in [-0.25, -0.2) is 0 Å². The van der Waals surface area contributed by atoms with Crippen molar-refractivity contribution in [1.82, 2.24) is 15.1 Å². The van der Waals surface area contributed by atoms with Crippen LogP contribution in [0.4, 0.5) is 5.13 Å². The Morgan fingerprint density at radius 1 is 1.28 bits per heavy atom. The van der Waals surface area contributed by atoms with Crippen LogP contribution in [0, 0.1) is 5.92 Å². The Morgan fingerprint density at radius 2 is 2.12 bits per heavy atom. The lowest BCUT2D eigenvalue weighted by Crippen LogP contribution is -2.47. The number of piperidine rings is 1. The van der Waals surface area contributed by atoms with Gasteiger partial charge in [-0.3, -0.25) is 9.59 Å². The number of rotatable bonds is 8. The van der Waals surface area contributed by atoms with Gasteiger partial charge in [-0.2, -0.15) is 11.3 Å². The zero-order chi connectivity index (χ0) is 22.5. The molecule has 32 heavy (non-hydrogen) atoms. The lowest BCUT2D eigenvalue weighted by atomic mass is 9.83. The van der Waals surface area contributed by atoms with Crippen LogP contribution in [0.25, 0.3) is 10.6 Å². The number of unbranched alkanes of at least 4 members (excludes halogenated alkanes) is 1. The van der Waals surface area contributed by atoms with E-state index < -0.39 is 5.92 Å². The number of hydrogen-bond donors (Lipinski definition) is 1. The predicted molar refractivity (Wildman–Crippen MR) is 127 cm³/mol. The van der Waals surface area contributed by atoms with Crippen LogP contribution < -0.4 is 10.1 Å². The van der Waals surface area contributed by atoms with Crippen LogP contribution >= 0.6 is 22.7 Å². The molecule has 2 amide bonds. The van der Waals surface area contributed by atoms with Crippen LogP contribution in [0.2, 0.25) is 0 Å². The minimum Gasteiger partial charge on any atom is -0.496 e. The summed E-state index contributed by atoms with van der Waals surface area (Å²) in [5.41, 5.74) is 1.85. The highest BCUT2D eigenvalue weighted by Gasteiger charge is 2.41. The Labute approximate surface area is 195 Å². The van der Waals surface area contributed by atoms with Gasteiger partial charge in [0.1, 0.15) is 10.8 Å². The number of benzene rings is 1. The zero-order valence-corrected chi connectivity index (χ0v) is 19.7. The monoisotopic (exact) mass is 470 g/mol. The van der Waals surface area contributed by atoms with E-state index in [-0.39, 0.29) is 17.9 Å². The molecular weight excluding hydrogens is 444 g/mol. The second-order valence-corrected chi connectivity index (χ2v) is 9.44. The van der Waals surface area contributed by atoms with E-state index in [1.807, 2.05) is 46.0 Å². The van der Waals surface area contributed by atoms with Crippen molar-refractivity contribution in [1.29, 1.82) is 0 Å². The average molecular weight is 471 g/mol. The fourth-order valence-corrected chi connectivity index (χ4v) is 5.55. The largest absolute Gasteiger partial charge is 0.496 e. The molecule has 1 aliphatic rings. The summed E-state index contributed by atoms with van der Waals surface area (Å²) >= 11 is 2.94. The number of nitrogens with one attached hydrogen (secondary N) is 1. The molecule has 1 aromatic carbocycles. The summed E-state index contributed by atoms with van der Waals surface area (Å²) in [6.45, 7) is 2.71. The van der Waals surface area contributed by atoms with Gasteiger partial charge in [0.05, 0.1) is 19.1 Å². The van der Waals surface area contributed by atoms with Crippen LogP contribution in [-0.4, -0.2) is 40.6 Å². The number of methoxy groups -OCH3 is 1. The van der Waals surface area contributed by atoms with E-state index in [1.54, 1.807) is 18.4 Å². The molecule has 0 bridgehead atoms. The number of hydrogen-bond acceptors (Lipinski definition) is 7. The lowest BCUT2D eigenvalue weighted by molar-refractivity contribution is -0.142. The second kappa shape index (κ2) is 10.2. The molecule has 0 spiro atoms. The molecule has 1 fully saturated rings.